The van der Waals surface area contributed by atoms with Crippen LogP contribution >= 0.6 is 0 Å². The number of nitrogens with zero attached hydrogens (tertiary/aromatic N) is 4. The molecule has 16 nitrogen and oxygen atoms in total. The van der Waals surface area contributed by atoms with Gasteiger partial charge >= 0.3 is 29.8 Å². The van der Waals surface area contributed by atoms with Gasteiger partial charge in [-0.3, -0.25) is 48.8 Å². The summed E-state index contributed by atoms with van der Waals surface area (Å²) in [6.07, 6.45) is 2.10. The maximum Gasteiger partial charge on any atom is 0.317 e. The largest absolute Gasteiger partial charge is 0.480 e. The highest BCUT2D eigenvalue weighted by Gasteiger charge is 2.38. The average Bonchev–Trinajstić information content (AvgIpc) is 2.86. The number of carbonyl (C=O) groups is 5. The highest BCUT2D eigenvalue weighted by atomic mass is 16.6. The molecule has 0 aromatic heterocycles. The van der Waals surface area contributed by atoms with Crippen LogP contribution in [0.25, 0.3) is 0 Å². The first kappa shape index (κ1) is 33.1. The lowest BCUT2D eigenvalue weighted by atomic mass is 9.87. The van der Waals surface area contributed by atoms with E-state index in [1.54, 1.807) is 0 Å². The molecule has 1 saturated carbocycles. The van der Waals surface area contributed by atoms with Crippen LogP contribution in [0.5, 0.6) is 0 Å². The monoisotopic (exact) mass is 582 g/mol. The highest BCUT2D eigenvalue weighted by molar-refractivity contribution is 5.73. The molecule has 226 valence electrons. The molecule has 0 unspecified atom stereocenters. The van der Waals surface area contributed by atoms with Crippen molar-refractivity contribution in [2.45, 2.75) is 50.2 Å². The van der Waals surface area contributed by atoms with Gasteiger partial charge in [0.15, 0.2) is 0 Å². The van der Waals surface area contributed by atoms with Crippen LogP contribution in [0.3, 0.4) is 0 Å². The molecular formula is C25H34N4O12. The van der Waals surface area contributed by atoms with Crippen molar-refractivity contribution in [1.29, 1.82) is 0 Å². The van der Waals surface area contributed by atoms with Crippen molar-refractivity contribution in [3.8, 4) is 0 Å². The van der Waals surface area contributed by atoms with E-state index in [-0.39, 0.29) is 18.7 Å². The van der Waals surface area contributed by atoms with Gasteiger partial charge in [0.25, 0.3) is 5.69 Å². The minimum absolute atomic E-state index is 0.0139. The van der Waals surface area contributed by atoms with Gasteiger partial charge in [-0.25, -0.2) is 0 Å². The number of carboxylic acid groups (broad SMARTS) is 5. The molecule has 1 aromatic carbocycles. The third kappa shape index (κ3) is 11.1. The van der Waals surface area contributed by atoms with Gasteiger partial charge in [0.2, 0.25) is 0 Å². The van der Waals surface area contributed by atoms with Gasteiger partial charge in [-0.05, 0) is 24.8 Å². The van der Waals surface area contributed by atoms with Crippen molar-refractivity contribution >= 4 is 35.5 Å². The lowest BCUT2D eigenvalue weighted by molar-refractivity contribution is -0.384. The molecule has 1 aliphatic carbocycles. The van der Waals surface area contributed by atoms with Crippen LogP contribution < -0.4 is 0 Å². The van der Waals surface area contributed by atoms with E-state index in [1.807, 2.05) is 0 Å². The molecule has 0 radical (unpaired) electrons. The Morgan fingerprint density at radius 1 is 0.732 bits per heavy atom. The Bertz CT molecular complexity index is 1080. The van der Waals surface area contributed by atoms with E-state index in [4.69, 9.17) is 0 Å². The van der Waals surface area contributed by atoms with Crippen molar-refractivity contribution in [3.05, 3.63) is 39.9 Å². The molecule has 0 spiro atoms. The van der Waals surface area contributed by atoms with Gasteiger partial charge in [-0.15, -0.1) is 0 Å². The second-order valence-electron chi connectivity index (χ2n) is 9.91. The topological polar surface area (TPSA) is 239 Å². The molecular weight excluding hydrogens is 548 g/mol. The summed E-state index contributed by atoms with van der Waals surface area (Å²) in [7, 11) is 0. The standard InChI is InChI=1S/C25H34N4O12/c30-21(31)11-26(12-22(32)33)18(9-16-5-7-17(8-6-16)29(40)41)10-27(13-23(34)35)19-3-1-2-4-20(19)28(14-24(36)37)15-25(38)39/h5-8,18-20H,1-4,9-15H2,(H,30,31)(H,32,33)(H,34,35)(H,36,37)(H,38,39)/t18-,19-,20-/m0/s1. The summed E-state index contributed by atoms with van der Waals surface area (Å²) in [5, 5.41) is 58.6. The summed E-state index contributed by atoms with van der Waals surface area (Å²) in [4.78, 5) is 72.7. The number of non-ortho nitro benzene ring substituents is 1. The van der Waals surface area contributed by atoms with E-state index in [2.05, 4.69) is 0 Å². The SMILES string of the molecule is O=C(O)CN(CC(=O)O)[C@@H](Cc1ccc([N+](=O)[O-])cc1)CN(CC(=O)O)[C@H]1CCCC[C@@H]1N(CC(=O)O)CC(=O)O. The third-order valence-corrected chi connectivity index (χ3v) is 6.90. The zero-order valence-corrected chi connectivity index (χ0v) is 22.2. The van der Waals surface area contributed by atoms with Gasteiger partial charge in [-0.2, -0.15) is 0 Å². The fourth-order valence-electron chi connectivity index (χ4n) is 5.34. The predicted molar refractivity (Wildman–Crippen MR) is 140 cm³/mol. The highest BCUT2D eigenvalue weighted by Crippen LogP contribution is 2.28. The first-order chi connectivity index (χ1) is 19.3. The van der Waals surface area contributed by atoms with Crippen LogP contribution in [0.4, 0.5) is 5.69 Å². The number of nitro groups is 1. The van der Waals surface area contributed by atoms with Crippen LogP contribution in [-0.4, -0.2) is 132 Å². The Labute approximate surface area is 234 Å². The molecule has 3 atom stereocenters. The van der Waals surface area contributed by atoms with E-state index in [1.165, 1.54) is 34.1 Å². The summed E-state index contributed by atoms with van der Waals surface area (Å²) in [5.41, 5.74) is 0.322. The summed E-state index contributed by atoms with van der Waals surface area (Å²) >= 11 is 0. The second kappa shape index (κ2) is 15.6. The Morgan fingerprint density at radius 3 is 1.56 bits per heavy atom. The van der Waals surface area contributed by atoms with Crippen molar-refractivity contribution in [3.63, 3.8) is 0 Å². The van der Waals surface area contributed by atoms with Crippen LogP contribution in [0.1, 0.15) is 31.2 Å². The molecule has 0 amide bonds. The lowest BCUT2D eigenvalue weighted by Gasteiger charge is -2.45. The molecule has 41 heavy (non-hydrogen) atoms. The molecule has 1 aliphatic rings. The van der Waals surface area contributed by atoms with E-state index in [9.17, 15) is 59.6 Å². The average molecular weight is 583 g/mol. The maximum absolute atomic E-state index is 11.9. The zero-order valence-electron chi connectivity index (χ0n) is 22.2. The third-order valence-electron chi connectivity index (χ3n) is 6.90. The number of hydrogen-bond acceptors (Lipinski definition) is 10. The van der Waals surface area contributed by atoms with Gasteiger partial charge in [0, 0.05) is 36.8 Å². The zero-order chi connectivity index (χ0) is 30.7. The van der Waals surface area contributed by atoms with E-state index < -0.39 is 85.6 Å². The minimum atomic E-state index is -1.32. The Kier molecular flexibility index (Phi) is 12.6. The quantitative estimate of drug-likeness (QED) is 0.114. The summed E-state index contributed by atoms with van der Waals surface area (Å²) in [5.74, 6) is -6.41. The molecule has 0 aliphatic heterocycles. The second-order valence-corrected chi connectivity index (χ2v) is 9.91. The van der Waals surface area contributed by atoms with E-state index in [0.717, 1.165) is 4.90 Å². The Morgan fingerprint density at radius 2 is 1.15 bits per heavy atom. The number of aliphatic carboxylic acids is 5. The first-order valence-corrected chi connectivity index (χ1v) is 12.8. The maximum atomic E-state index is 11.9. The van der Waals surface area contributed by atoms with Crippen LogP contribution in [-0.2, 0) is 30.4 Å². The number of hydrogen-bond donors (Lipinski definition) is 5. The molecule has 5 N–H and O–H groups in total. The van der Waals surface area contributed by atoms with Crippen molar-refractivity contribution in [1.82, 2.24) is 14.7 Å². The molecule has 1 aromatic rings. The predicted octanol–water partition coefficient (Wildman–Crippen LogP) is 0.146. The smallest absolute Gasteiger partial charge is 0.317 e. The lowest BCUT2D eigenvalue weighted by Crippen LogP contribution is -2.59. The molecule has 0 heterocycles. The Balaban J connectivity index is 2.51. The molecule has 2 rings (SSSR count). The molecule has 0 bridgehead atoms. The molecule has 0 saturated heterocycles. The molecule has 1 fully saturated rings. The Hall–Kier alpha value is -4.15. The van der Waals surface area contributed by atoms with E-state index >= 15 is 0 Å². The minimum Gasteiger partial charge on any atom is -0.480 e. The van der Waals surface area contributed by atoms with E-state index in [0.29, 0.717) is 31.2 Å². The first-order valence-electron chi connectivity index (χ1n) is 12.8. The normalized spacial score (nSPS) is 17.8. The number of benzene rings is 1. The summed E-state index contributed by atoms with van der Waals surface area (Å²) in [6, 6.07) is 3.20. The number of carboxylic acids is 5. The van der Waals surface area contributed by atoms with Crippen molar-refractivity contribution in [2.24, 2.45) is 0 Å². The van der Waals surface area contributed by atoms with Gasteiger partial charge in [-0.1, -0.05) is 25.0 Å². The van der Waals surface area contributed by atoms with Crippen LogP contribution in [0.15, 0.2) is 24.3 Å². The fraction of sp³-hybridized carbons (Fsp3) is 0.560. The van der Waals surface area contributed by atoms with Crippen molar-refractivity contribution in [2.75, 3.05) is 39.3 Å². The van der Waals surface area contributed by atoms with Gasteiger partial charge in [0.1, 0.15) is 0 Å². The van der Waals surface area contributed by atoms with Crippen molar-refractivity contribution < 1.29 is 54.4 Å². The summed E-state index contributed by atoms with van der Waals surface area (Å²) in [6.45, 7) is -3.28. The van der Waals surface area contributed by atoms with Gasteiger partial charge < -0.3 is 25.5 Å². The van der Waals surface area contributed by atoms with Crippen LogP contribution in [0, 0.1) is 10.1 Å². The van der Waals surface area contributed by atoms with Crippen LogP contribution in [0.2, 0.25) is 0 Å². The number of nitro benzene ring substituents is 1. The number of rotatable bonds is 18. The van der Waals surface area contributed by atoms with Gasteiger partial charge in [0.05, 0.1) is 37.6 Å². The summed E-state index contributed by atoms with van der Waals surface area (Å²) < 4.78 is 0. The fourth-order valence-corrected chi connectivity index (χ4v) is 5.34. The molecule has 16 heteroatoms.